The minimum absolute atomic E-state index is 0.0609. The van der Waals surface area contributed by atoms with Gasteiger partial charge in [0.15, 0.2) is 5.82 Å². The summed E-state index contributed by atoms with van der Waals surface area (Å²) in [4.78, 5) is 4.33. The molecule has 118 valence electrons. The zero-order valence-corrected chi connectivity index (χ0v) is 13.2. The van der Waals surface area contributed by atoms with Crippen LogP contribution in [0.4, 0.5) is 5.69 Å². The predicted molar refractivity (Wildman–Crippen MR) is 91.0 cm³/mol. The number of H-pyrrole nitrogens is 1. The number of anilines is 1. The van der Waals surface area contributed by atoms with Crippen LogP contribution in [-0.2, 0) is 6.61 Å². The second-order valence-electron chi connectivity index (χ2n) is 5.59. The Balaban J connectivity index is 1.72. The second-order valence-corrected chi connectivity index (χ2v) is 5.59. The van der Waals surface area contributed by atoms with Crippen LogP contribution in [0.3, 0.4) is 0 Å². The van der Waals surface area contributed by atoms with Crippen molar-refractivity contribution in [3.8, 4) is 11.4 Å². The molecule has 3 rings (SSSR count). The lowest BCUT2D eigenvalue weighted by Crippen LogP contribution is -2.06. The predicted octanol–water partition coefficient (Wildman–Crippen LogP) is 3.45. The highest BCUT2D eigenvalue weighted by Gasteiger charge is 2.07. The molecule has 0 aliphatic heterocycles. The van der Waals surface area contributed by atoms with Gasteiger partial charge in [0.1, 0.15) is 5.82 Å². The van der Waals surface area contributed by atoms with Gasteiger partial charge in [0.05, 0.1) is 6.61 Å². The maximum Gasteiger partial charge on any atom is 0.181 e. The van der Waals surface area contributed by atoms with E-state index in [1.807, 2.05) is 49.4 Å². The Labute approximate surface area is 135 Å². The minimum Gasteiger partial charge on any atom is -0.392 e. The molecule has 0 fully saturated rings. The molecule has 0 aliphatic carbocycles. The molecule has 1 unspecified atom stereocenters. The van der Waals surface area contributed by atoms with Gasteiger partial charge in [-0.15, -0.1) is 0 Å². The molecule has 5 heteroatoms. The van der Waals surface area contributed by atoms with Crippen molar-refractivity contribution < 1.29 is 5.11 Å². The van der Waals surface area contributed by atoms with E-state index in [9.17, 15) is 5.11 Å². The summed E-state index contributed by atoms with van der Waals surface area (Å²) < 4.78 is 0. The lowest BCUT2D eigenvalue weighted by molar-refractivity contribution is 0.281. The van der Waals surface area contributed by atoms with E-state index in [1.165, 1.54) is 0 Å². The van der Waals surface area contributed by atoms with E-state index in [-0.39, 0.29) is 12.6 Å². The number of aryl methyl sites for hydroxylation is 1. The first-order valence-corrected chi connectivity index (χ1v) is 7.61. The van der Waals surface area contributed by atoms with Crippen LogP contribution in [0, 0.1) is 6.92 Å². The summed E-state index contributed by atoms with van der Waals surface area (Å²) in [5.74, 6) is 1.51. The molecule has 0 saturated heterocycles. The molecule has 1 heterocycles. The van der Waals surface area contributed by atoms with E-state index in [0.29, 0.717) is 5.82 Å². The first kappa shape index (κ1) is 15.2. The van der Waals surface area contributed by atoms with Crippen molar-refractivity contribution in [1.29, 1.82) is 0 Å². The number of aliphatic hydroxyl groups excluding tert-OH is 1. The normalized spacial score (nSPS) is 12.1. The van der Waals surface area contributed by atoms with Crippen LogP contribution in [0.2, 0.25) is 0 Å². The van der Waals surface area contributed by atoms with Crippen molar-refractivity contribution in [3.63, 3.8) is 0 Å². The van der Waals surface area contributed by atoms with Crippen molar-refractivity contribution in [2.24, 2.45) is 0 Å². The third kappa shape index (κ3) is 3.57. The number of hydrogen-bond donors (Lipinski definition) is 3. The average Bonchev–Trinajstić information content (AvgIpc) is 3.02. The highest BCUT2D eigenvalue weighted by Crippen LogP contribution is 2.23. The molecular weight excluding hydrogens is 288 g/mol. The van der Waals surface area contributed by atoms with Gasteiger partial charge >= 0.3 is 0 Å². The van der Waals surface area contributed by atoms with Crippen LogP contribution in [0.25, 0.3) is 11.4 Å². The van der Waals surface area contributed by atoms with E-state index in [4.69, 9.17) is 0 Å². The number of benzene rings is 2. The van der Waals surface area contributed by atoms with Gasteiger partial charge in [-0.1, -0.05) is 24.3 Å². The largest absolute Gasteiger partial charge is 0.392 e. The molecule has 0 radical (unpaired) electrons. The van der Waals surface area contributed by atoms with Gasteiger partial charge < -0.3 is 10.4 Å². The quantitative estimate of drug-likeness (QED) is 0.675. The number of rotatable bonds is 5. The smallest absolute Gasteiger partial charge is 0.181 e. The molecule has 1 atom stereocenters. The fourth-order valence-electron chi connectivity index (χ4n) is 2.48. The Morgan fingerprint density at radius 2 is 1.96 bits per heavy atom. The average molecular weight is 308 g/mol. The molecule has 2 aromatic carbocycles. The van der Waals surface area contributed by atoms with Crippen molar-refractivity contribution in [3.05, 3.63) is 65.5 Å². The van der Waals surface area contributed by atoms with Crippen LogP contribution < -0.4 is 5.32 Å². The zero-order chi connectivity index (χ0) is 16.2. The summed E-state index contributed by atoms with van der Waals surface area (Å²) in [5, 5.41) is 19.7. The molecule has 0 saturated carbocycles. The van der Waals surface area contributed by atoms with E-state index >= 15 is 0 Å². The van der Waals surface area contributed by atoms with Crippen LogP contribution in [0.5, 0.6) is 0 Å². The van der Waals surface area contributed by atoms with Crippen LogP contribution in [0.15, 0.2) is 48.5 Å². The number of aromatic nitrogens is 3. The Bertz CT molecular complexity index is 780. The lowest BCUT2D eigenvalue weighted by Gasteiger charge is -2.16. The Morgan fingerprint density at radius 3 is 2.61 bits per heavy atom. The molecule has 5 nitrogen and oxygen atoms in total. The fraction of sp³-hybridized carbons (Fsp3) is 0.222. The van der Waals surface area contributed by atoms with Crippen molar-refractivity contribution in [1.82, 2.24) is 15.2 Å². The van der Waals surface area contributed by atoms with Gasteiger partial charge in [0.2, 0.25) is 0 Å². The summed E-state index contributed by atoms with van der Waals surface area (Å²) >= 11 is 0. The SMILES string of the molecule is Cc1nc(-c2ccc(NC(C)c3cccc(CO)c3)cc2)n[nH]1. The third-order valence-corrected chi connectivity index (χ3v) is 3.76. The van der Waals surface area contributed by atoms with Crippen molar-refractivity contribution in [2.75, 3.05) is 5.32 Å². The molecule has 0 aliphatic rings. The first-order chi connectivity index (χ1) is 11.2. The number of aromatic amines is 1. The molecule has 23 heavy (non-hydrogen) atoms. The Kier molecular flexibility index (Phi) is 4.39. The molecule has 1 aromatic heterocycles. The van der Waals surface area contributed by atoms with E-state index < -0.39 is 0 Å². The summed E-state index contributed by atoms with van der Waals surface area (Å²) in [6.45, 7) is 4.04. The van der Waals surface area contributed by atoms with E-state index in [1.54, 1.807) is 0 Å². The Morgan fingerprint density at radius 1 is 1.17 bits per heavy atom. The number of hydrogen-bond acceptors (Lipinski definition) is 4. The maximum absolute atomic E-state index is 9.24. The zero-order valence-electron chi connectivity index (χ0n) is 13.2. The van der Waals surface area contributed by atoms with Gasteiger partial charge in [-0.05, 0) is 49.2 Å². The fourth-order valence-corrected chi connectivity index (χ4v) is 2.48. The summed E-state index contributed by atoms with van der Waals surface area (Å²) in [6, 6.07) is 16.2. The van der Waals surface area contributed by atoms with Crippen molar-refractivity contribution >= 4 is 5.69 Å². The maximum atomic E-state index is 9.24. The summed E-state index contributed by atoms with van der Waals surface area (Å²) in [5.41, 5.74) is 4.08. The lowest BCUT2D eigenvalue weighted by atomic mass is 10.0. The molecule has 0 spiro atoms. The van der Waals surface area contributed by atoms with Gasteiger partial charge in [-0.25, -0.2) is 4.98 Å². The van der Waals surface area contributed by atoms with Gasteiger partial charge in [-0.2, -0.15) is 5.10 Å². The van der Waals surface area contributed by atoms with Crippen LogP contribution in [-0.4, -0.2) is 20.3 Å². The summed E-state index contributed by atoms with van der Waals surface area (Å²) in [7, 11) is 0. The van der Waals surface area contributed by atoms with Gasteiger partial charge in [0, 0.05) is 17.3 Å². The molecule has 3 N–H and O–H groups in total. The number of nitrogens with one attached hydrogen (secondary N) is 2. The van der Waals surface area contributed by atoms with Crippen LogP contribution in [0.1, 0.15) is 29.9 Å². The van der Waals surface area contributed by atoms with E-state index in [2.05, 4.69) is 33.5 Å². The molecule has 3 aromatic rings. The second kappa shape index (κ2) is 6.62. The molecular formula is C18H20N4O. The molecule has 0 bridgehead atoms. The number of nitrogens with zero attached hydrogens (tertiary/aromatic N) is 2. The highest BCUT2D eigenvalue weighted by atomic mass is 16.3. The Hall–Kier alpha value is -2.66. The van der Waals surface area contributed by atoms with Crippen molar-refractivity contribution in [2.45, 2.75) is 26.5 Å². The monoisotopic (exact) mass is 308 g/mol. The summed E-state index contributed by atoms with van der Waals surface area (Å²) in [6.07, 6.45) is 0. The number of aliphatic hydroxyl groups is 1. The van der Waals surface area contributed by atoms with Gasteiger partial charge in [-0.3, -0.25) is 5.10 Å². The first-order valence-electron chi connectivity index (χ1n) is 7.61. The minimum atomic E-state index is 0.0609. The topological polar surface area (TPSA) is 73.8 Å². The standard InChI is InChI=1S/C18H20N4O/c1-12(16-5-3-4-14(10-16)11-23)19-17-8-6-15(7-9-17)18-20-13(2)21-22-18/h3-10,12,19,23H,11H2,1-2H3,(H,20,21,22). The van der Waals surface area contributed by atoms with E-state index in [0.717, 1.165) is 28.2 Å². The van der Waals surface area contributed by atoms with Crippen LogP contribution >= 0.6 is 0 Å². The molecule has 0 amide bonds. The highest BCUT2D eigenvalue weighted by molar-refractivity contribution is 5.59. The third-order valence-electron chi connectivity index (χ3n) is 3.76. The van der Waals surface area contributed by atoms with Gasteiger partial charge in [0.25, 0.3) is 0 Å².